The van der Waals surface area contributed by atoms with Crippen molar-refractivity contribution in [2.45, 2.75) is 71.6 Å². The van der Waals surface area contributed by atoms with Crippen LogP contribution in [0.5, 0.6) is 0 Å². The van der Waals surface area contributed by atoms with Gasteiger partial charge in [0.1, 0.15) is 17.5 Å². The van der Waals surface area contributed by atoms with Crippen molar-refractivity contribution in [2.75, 3.05) is 19.6 Å². The maximum Gasteiger partial charge on any atom is 0.416 e. The van der Waals surface area contributed by atoms with Gasteiger partial charge < -0.3 is 19.9 Å². The number of aryl methyl sites for hydroxylation is 2. The average molecular weight is 670 g/mol. The number of halogens is 4. The highest BCUT2D eigenvalue weighted by Crippen LogP contribution is 2.34. The number of likely N-dealkylation sites (tertiary alicyclic amines) is 1. The molecular weight excluding hydrogens is 630 g/mol. The van der Waals surface area contributed by atoms with E-state index in [1.54, 1.807) is 42.8 Å². The Balaban J connectivity index is 1.56. The first kappa shape index (κ1) is 34.8. The minimum absolute atomic E-state index is 0.0438. The Hall–Kier alpha value is -4.52. The number of hydrogen-bond donors (Lipinski definition) is 2. The normalized spacial score (nSPS) is 15.0. The number of carbonyl (C=O) groups is 2. The van der Waals surface area contributed by atoms with E-state index >= 15 is 0 Å². The Morgan fingerprint density at radius 3 is 2.33 bits per heavy atom. The van der Waals surface area contributed by atoms with Gasteiger partial charge in [0.05, 0.1) is 23.7 Å². The van der Waals surface area contributed by atoms with Crippen LogP contribution in [0.25, 0.3) is 16.9 Å². The highest BCUT2D eigenvalue weighted by Gasteiger charge is 2.36. The second-order valence-corrected chi connectivity index (χ2v) is 12.9. The van der Waals surface area contributed by atoms with Crippen molar-refractivity contribution in [3.63, 3.8) is 0 Å². The van der Waals surface area contributed by atoms with Gasteiger partial charge in [-0.25, -0.2) is 9.37 Å². The molecule has 4 aromatic rings. The molecule has 3 aromatic heterocycles. The monoisotopic (exact) mass is 669 g/mol. The van der Waals surface area contributed by atoms with Gasteiger partial charge >= 0.3 is 12.1 Å². The summed E-state index contributed by atoms with van der Waals surface area (Å²) in [5.41, 5.74) is 1.37. The zero-order valence-electron chi connectivity index (χ0n) is 27.3. The van der Waals surface area contributed by atoms with Gasteiger partial charge in [-0.3, -0.25) is 18.8 Å². The molecule has 1 aromatic carbocycles. The molecule has 48 heavy (non-hydrogen) atoms. The van der Waals surface area contributed by atoms with Gasteiger partial charge in [-0.15, -0.1) is 0 Å². The third kappa shape index (κ3) is 7.61. The van der Waals surface area contributed by atoms with Gasteiger partial charge in [0.25, 0.3) is 5.56 Å². The highest BCUT2D eigenvalue weighted by atomic mass is 19.4. The van der Waals surface area contributed by atoms with E-state index in [4.69, 9.17) is 0 Å². The molecule has 0 aliphatic carbocycles. The fraction of sp³-hybridized carbons (Fsp3) is 0.429. The molecule has 1 saturated heterocycles. The number of aliphatic carboxylic acids is 1. The molecular formula is C35H39F4N5O4. The summed E-state index contributed by atoms with van der Waals surface area (Å²) < 4.78 is 59.1. The zero-order chi connectivity index (χ0) is 34.9. The van der Waals surface area contributed by atoms with E-state index in [0.29, 0.717) is 46.2 Å². The number of carboxylic acid groups (broad SMARTS) is 1. The molecule has 2 N–H and O–H groups in total. The number of nitrogens with zero attached hydrogens (tertiary/aromatic N) is 4. The summed E-state index contributed by atoms with van der Waals surface area (Å²) in [6.07, 6.45) is 0.267. The number of nitrogens with one attached hydrogen (secondary N) is 1. The zero-order valence-corrected chi connectivity index (χ0v) is 27.3. The second-order valence-electron chi connectivity index (χ2n) is 12.9. The predicted octanol–water partition coefficient (Wildman–Crippen LogP) is 6.11. The molecule has 0 saturated carbocycles. The van der Waals surface area contributed by atoms with Crippen molar-refractivity contribution in [1.29, 1.82) is 0 Å². The lowest BCUT2D eigenvalue weighted by Crippen LogP contribution is -2.41. The lowest BCUT2D eigenvalue weighted by Gasteiger charge is -2.31. The Morgan fingerprint density at radius 1 is 1.06 bits per heavy atom. The number of benzene rings is 1. The largest absolute Gasteiger partial charge is 0.481 e. The molecule has 9 nitrogen and oxygen atoms in total. The third-order valence-corrected chi connectivity index (χ3v) is 8.83. The number of aromatic nitrogens is 3. The van der Waals surface area contributed by atoms with Gasteiger partial charge in [0.15, 0.2) is 0 Å². The summed E-state index contributed by atoms with van der Waals surface area (Å²) in [7, 11) is 0. The number of carbonyl (C=O) groups excluding carboxylic acids is 1. The van der Waals surface area contributed by atoms with Crippen molar-refractivity contribution in [1.82, 2.24) is 24.2 Å². The molecule has 4 heterocycles. The molecule has 1 amide bonds. The Morgan fingerprint density at radius 2 is 1.75 bits per heavy atom. The van der Waals surface area contributed by atoms with Crippen LogP contribution in [0.4, 0.5) is 17.6 Å². The summed E-state index contributed by atoms with van der Waals surface area (Å²) in [5, 5.41) is 12.7. The van der Waals surface area contributed by atoms with E-state index in [-0.39, 0.29) is 24.3 Å². The number of carboxylic acids is 1. The van der Waals surface area contributed by atoms with Crippen LogP contribution in [0.1, 0.15) is 73.0 Å². The fourth-order valence-corrected chi connectivity index (χ4v) is 6.42. The maximum atomic E-state index is 14.2. The molecule has 13 heteroatoms. The minimum Gasteiger partial charge on any atom is -0.481 e. The van der Waals surface area contributed by atoms with Crippen LogP contribution in [-0.4, -0.2) is 55.5 Å². The lowest BCUT2D eigenvalue weighted by atomic mass is 9.95. The van der Waals surface area contributed by atoms with Crippen LogP contribution < -0.4 is 10.9 Å². The lowest BCUT2D eigenvalue weighted by molar-refractivity contribution is -0.139. The van der Waals surface area contributed by atoms with Crippen molar-refractivity contribution in [3.8, 4) is 11.3 Å². The minimum atomic E-state index is -4.75. The van der Waals surface area contributed by atoms with Gasteiger partial charge in [-0.2, -0.15) is 13.2 Å². The van der Waals surface area contributed by atoms with E-state index < -0.39 is 53.5 Å². The SMILES string of the molecule is Cc1cc(F)cc(C)c1-c1cc([C@H](CC(=O)O)NC(=O)[C@H](CC(C)C)n2cc(CCN3CCC3)c(C(F)(F)F)cc2=O)cc2nccn12. The molecule has 1 aliphatic rings. The Bertz CT molecular complexity index is 1870. The van der Waals surface area contributed by atoms with Gasteiger partial charge in [-0.05, 0) is 98.6 Å². The van der Waals surface area contributed by atoms with E-state index in [0.717, 1.165) is 30.3 Å². The highest BCUT2D eigenvalue weighted by molar-refractivity contribution is 5.82. The van der Waals surface area contributed by atoms with Crippen LogP contribution in [0, 0.1) is 25.6 Å². The average Bonchev–Trinajstić information content (AvgIpc) is 3.43. The topological polar surface area (TPSA) is 109 Å². The summed E-state index contributed by atoms with van der Waals surface area (Å²) in [6, 6.07) is 4.38. The van der Waals surface area contributed by atoms with Crippen molar-refractivity contribution >= 4 is 17.5 Å². The first-order valence-electron chi connectivity index (χ1n) is 15.9. The van der Waals surface area contributed by atoms with Gasteiger partial charge in [0, 0.05) is 36.8 Å². The maximum absolute atomic E-state index is 14.2. The Kier molecular flexibility index (Phi) is 10.1. The molecule has 256 valence electrons. The summed E-state index contributed by atoms with van der Waals surface area (Å²) in [4.78, 5) is 45.8. The number of fused-ring (bicyclic) bond motifs is 1. The summed E-state index contributed by atoms with van der Waals surface area (Å²) in [6.45, 7) is 9.12. The predicted molar refractivity (Wildman–Crippen MR) is 172 cm³/mol. The number of hydrogen-bond acceptors (Lipinski definition) is 5. The number of pyridine rings is 2. The van der Waals surface area contributed by atoms with Crippen LogP contribution in [0.15, 0.2) is 53.7 Å². The van der Waals surface area contributed by atoms with Crippen LogP contribution in [0.3, 0.4) is 0 Å². The van der Waals surface area contributed by atoms with E-state index in [9.17, 15) is 37.1 Å². The molecule has 0 spiro atoms. The third-order valence-electron chi connectivity index (χ3n) is 8.83. The van der Waals surface area contributed by atoms with Crippen molar-refractivity contribution < 1.29 is 32.3 Å². The second kappa shape index (κ2) is 13.9. The van der Waals surface area contributed by atoms with Crippen molar-refractivity contribution in [3.05, 3.63) is 92.9 Å². The number of amides is 1. The quantitative estimate of drug-likeness (QED) is 0.177. The smallest absolute Gasteiger partial charge is 0.416 e. The first-order valence-corrected chi connectivity index (χ1v) is 15.9. The van der Waals surface area contributed by atoms with Crippen molar-refractivity contribution in [2.24, 2.45) is 5.92 Å². The standard InChI is InChI=1S/C35H39F4N5O4/c1-20(2)12-29(44-19-23(6-10-42-8-5-9-42)26(17-31(44)45)35(37,38)39)34(48)41-27(18-32(46)47)24-15-28(43-11-7-40-30(43)16-24)33-21(3)13-25(36)14-22(33)4/h7,11,13-17,19-20,27,29H,5-6,8-10,12,18H2,1-4H3,(H,41,48)(H,46,47)/t27-,29-/m0/s1. The van der Waals surface area contributed by atoms with E-state index in [1.807, 2.05) is 18.7 Å². The van der Waals surface area contributed by atoms with E-state index in [2.05, 4.69) is 10.3 Å². The van der Waals surface area contributed by atoms with Crippen LogP contribution in [0.2, 0.25) is 0 Å². The molecule has 1 fully saturated rings. The summed E-state index contributed by atoms with van der Waals surface area (Å²) in [5.74, 6) is -2.46. The fourth-order valence-electron chi connectivity index (χ4n) is 6.42. The molecule has 0 radical (unpaired) electrons. The molecule has 1 aliphatic heterocycles. The van der Waals surface area contributed by atoms with Crippen LogP contribution >= 0.6 is 0 Å². The van der Waals surface area contributed by atoms with Crippen LogP contribution in [-0.2, 0) is 22.2 Å². The molecule has 5 rings (SSSR count). The number of rotatable bonds is 12. The first-order chi connectivity index (χ1) is 22.6. The van der Waals surface area contributed by atoms with Gasteiger partial charge in [-0.1, -0.05) is 13.8 Å². The summed E-state index contributed by atoms with van der Waals surface area (Å²) >= 11 is 0. The Labute approximate surface area is 275 Å². The molecule has 0 bridgehead atoms. The number of alkyl halides is 3. The van der Waals surface area contributed by atoms with E-state index in [1.165, 1.54) is 12.1 Å². The van der Waals surface area contributed by atoms with Gasteiger partial charge in [0.2, 0.25) is 5.91 Å². The molecule has 2 atom stereocenters. The number of imidazole rings is 1. The molecule has 0 unspecified atom stereocenters.